The Morgan fingerprint density at radius 3 is 2.82 bits per heavy atom. The molecule has 1 atom stereocenters. The minimum absolute atomic E-state index is 0. The van der Waals surface area contributed by atoms with Crippen LogP contribution in [0.4, 0.5) is 0 Å². The number of hydrogen-bond acceptors (Lipinski definition) is 4. The molecule has 0 bridgehead atoms. The van der Waals surface area contributed by atoms with Gasteiger partial charge in [-0.1, -0.05) is 0 Å². The first-order chi connectivity index (χ1) is 10.1. The number of amides is 1. The van der Waals surface area contributed by atoms with Crippen molar-refractivity contribution in [3.05, 3.63) is 41.4 Å². The first kappa shape index (κ1) is 16.6. The monoisotopic (exact) mass is 324 g/mol. The molecule has 0 radical (unpaired) electrons. The Labute approximate surface area is 135 Å². The summed E-state index contributed by atoms with van der Waals surface area (Å²) >= 11 is 0. The van der Waals surface area contributed by atoms with E-state index < -0.39 is 0 Å². The third kappa shape index (κ3) is 2.89. The molecule has 1 amide bonds. The van der Waals surface area contributed by atoms with Crippen molar-refractivity contribution in [2.45, 2.75) is 19.9 Å². The van der Waals surface area contributed by atoms with E-state index in [9.17, 15) is 4.79 Å². The van der Waals surface area contributed by atoms with Crippen molar-refractivity contribution in [2.24, 2.45) is 7.05 Å². The highest BCUT2D eigenvalue weighted by Gasteiger charge is 2.32. The van der Waals surface area contributed by atoms with E-state index in [0.29, 0.717) is 24.4 Å². The van der Waals surface area contributed by atoms with Gasteiger partial charge in [0.25, 0.3) is 5.91 Å². The van der Waals surface area contributed by atoms with E-state index in [1.807, 2.05) is 42.6 Å². The summed E-state index contributed by atoms with van der Waals surface area (Å²) in [5, 5.41) is 3.34. The van der Waals surface area contributed by atoms with Crippen molar-refractivity contribution in [3.63, 3.8) is 0 Å². The summed E-state index contributed by atoms with van der Waals surface area (Å²) in [5.74, 6) is 2.35. The summed E-state index contributed by atoms with van der Waals surface area (Å²) in [7, 11) is 1.95. The normalized spacial score (nSPS) is 18.1. The molecule has 120 valence electrons. The fraction of sp³-hybridized carbons (Fsp3) is 0.467. The molecule has 0 aliphatic carbocycles. The molecule has 1 aliphatic heterocycles. The highest BCUT2D eigenvalue weighted by molar-refractivity contribution is 5.95. The van der Waals surface area contributed by atoms with Gasteiger partial charge in [0.1, 0.15) is 23.4 Å². The van der Waals surface area contributed by atoms with Crippen LogP contribution in [-0.2, 0) is 7.05 Å². The number of piperazine rings is 1. The van der Waals surface area contributed by atoms with Crippen LogP contribution < -0.4 is 5.32 Å². The number of aromatic nitrogens is 2. The smallest absolute Gasteiger partial charge is 0.258 e. The van der Waals surface area contributed by atoms with Crippen LogP contribution in [0.2, 0.25) is 0 Å². The van der Waals surface area contributed by atoms with Gasteiger partial charge in [-0.15, -0.1) is 12.4 Å². The highest BCUT2D eigenvalue weighted by atomic mass is 35.5. The molecule has 7 heteroatoms. The Morgan fingerprint density at radius 2 is 2.23 bits per heavy atom. The molecule has 1 fully saturated rings. The Morgan fingerprint density at radius 1 is 1.45 bits per heavy atom. The Hall–Kier alpha value is -1.79. The van der Waals surface area contributed by atoms with Gasteiger partial charge in [0.2, 0.25) is 0 Å². The molecule has 0 saturated carbocycles. The number of carbonyl (C=O) groups is 1. The van der Waals surface area contributed by atoms with Crippen molar-refractivity contribution < 1.29 is 9.21 Å². The number of furan rings is 1. The van der Waals surface area contributed by atoms with Crippen molar-refractivity contribution >= 4 is 18.3 Å². The second kappa shape index (κ2) is 6.54. The molecule has 1 unspecified atom stereocenters. The van der Waals surface area contributed by atoms with Crippen LogP contribution in [0.15, 0.2) is 22.9 Å². The van der Waals surface area contributed by atoms with Crippen LogP contribution in [0, 0.1) is 13.8 Å². The lowest BCUT2D eigenvalue weighted by Gasteiger charge is -2.35. The number of nitrogens with zero attached hydrogens (tertiary/aromatic N) is 3. The molecule has 1 aliphatic rings. The van der Waals surface area contributed by atoms with Crippen molar-refractivity contribution in [1.29, 1.82) is 0 Å². The maximum atomic E-state index is 12.9. The molecule has 1 saturated heterocycles. The predicted molar refractivity (Wildman–Crippen MR) is 85.3 cm³/mol. The zero-order valence-electron chi connectivity index (χ0n) is 13.0. The maximum Gasteiger partial charge on any atom is 0.258 e. The zero-order chi connectivity index (χ0) is 15.0. The second-order valence-electron chi connectivity index (χ2n) is 5.44. The Balaban J connectivity index is 0.00000176. The molecule has 0 aromatic carbocycles. The predicted octanol–water partition coefficient (Wildman–Crippen LogP) is 1.84. The number of nitrogens with one attached hydrogen (secondary N) is 1. The summed E-state index contributed by atoms with van der Waals surface area (Å²) in [4.78, 5) is 19.1. The SMILES string of the molecule is Cc1cc(C(=O)N2CCNCC2c2nccn2C)c(C)o1.Cl. The van der Waals surface area contributed by atoms with E-state index >= 15 is 0 Å². The van der Waals surface area contributed by atoms with Crippen LogP contribution >= 0.6 is 12.4 Å². The van der Waals surface area contributed by atoms with Crippen LogP contribution in [0.1, 0.15) is 33.7 Å². The molecule has 2 aromatic rings. The zero-order valence-corrected chi connectivity index (χ0v) is 13.8. The molecule has 3 heterocycles. The van der Waals surface area contributed by atoms with Crippen molar-refractivity contribution in [1.82, 2.24) is 19.8 Å². The van der Waals surface area contributed by atoms with Crippen LogP contribution in [0.5, 0.6) is 0 Å². The molecule has 3 rings (SSSR count). The van der Waals surface area contributed by atoms with E-state index in [-0.39, 0.29) is 24.4 Å². The largest absolute Gasteiger partial charge is 0.466 e. The fourth-order valence-electron chi connectivity index (χ4n) is 2.87. The number of aryl methyl sites for hydroxylation is 3. The van der Waals surface area contributed by atoms with E-state index in [1.165, 1.54) is 0 Å². The lowest BCUT2D eigenvalue weighted by atomic mass is 10.1. The van der Waals surface area contributed by atoms with E-state index in [1.54, 1.807) is 6.20 Å². The molecule has 0 spiro atoms. The number of rotatable bonds is 2. The van der Waals surface area contributed by atoms with Gasteiger partial charge in [0.05, 0.1) is 5.56 Å². The van der Waals surface area contributed by atoms with Gasteiger partial charge in [-0.3, -0.25) is 4.79 Å². The first-order valence-electron chi connectivity index (χ1n) is 7.14. The Kier molecular flexibility index (Phi) is 4.93. The average molecular weight is 325 g/mol. The number of imidazole rings is 1. The van der Waals surface area contributed by atoms with Gasteiger partial charge in [0, 0.05) is 39.1 Å². The minimum atomic E-state index is -0.0548. The van der Waals surface area contributed by atoms with Crippen molar-refractivity contribution in [3.8, 4) is 0 Å². The fourth-order valence-corrected chi connectivity index (χ4v) is 2.87. The van der Waals surface area contributed by atoms with Gasteiger partial charge < -0.3 is 19.2 Å². The summed E-state index contributed by atoms with van der Waals surface area (Å²) in [6, 6.07) is 1.76. The van der Waals surface area contributed by atoms with E-state index in [0.717, 1.165) is 18.1 Å². The van der Waals surface area contributed by atoms with E-state index in [4.69, 9.17) is 4.42 Å². The topological polar surface area (TPSA) is 63.3 Å². The third-order valence-electron chi connectivity index (χ3n) is 3.93. The second-order valence-corrected chi connectivity index (χ2v) is 5.44. The van der Waals surface area contributed by atoms with E-state index in [2.05, 4.69) is 10.3 Å². The minimum Gasteiger partial charge on any atom is -0.466 e. The van der Waals surface area contributed by atoms with Gasteiger partial charge in [-0.05, 0) is 19.9 Å². The lowest BCUT2D eigenvalue weighted by Crippen LogP contribution is -2.49. The number of hydrogen-bond donors (Lipinski definition) is 1. The molecule has 2 aromatic heterocycles. The quantitative estimate of drug-likeness (QED) is 0.915. The summed E-state index contributed by atoms with van der Waals surface area (Å²) in [6.45, 7) is 5.87. The lowest BCUT2D eigenvalue weighted by molar-refractivity contribution is 0.0619. The van der Waals surface area contributed by atoms with Gasteiger partial charge in [0.15, 0.2) is 0 Å². The van der Waals surface area contributed by atoms with Crippen LogP contribution in [0.3, 0.4) is 0 Å². The third-order valence-corrected chi connectivity index (χ3v) is 3.93. The Bertz CT molecular complexity index is 664. The maximum absolute atomic E-state index is 12.9. The summed E-state index contributed by atoms with van der Waals surface area (Å²) in [6.07, 6.45) is 3.67. The standard InChI is InChI=1S/C15H20N4O2.ClH/c1-10-8-12(11(2)21-10)15(20)19-7-4-16-9-13(19)14-17-5-6-18(14)3;/h5-6,8,13,16H,4,7,9H2,1-3H3;1H. The van der Waals surface area contributed by atoms with Gasteiger partial charge in [-0.25, -0.2) is 4.98 Å². The molecular formula is C15H21ClN4O2. The molecule has 1 N–H and O–H groups in total. The highest BCUT2D eigenvalue weighted by Crippen LogP contribution is 2.25. The molecule has 6 nitrogen and oxygen atoms in total. The van der Waals surface area contributed by atoms with Crippen LogP contribution in [-0.4, -0.2) is 40.0 Å². The number of halogens is 1. The molecular weight excluding hydrogens is 304 g/mol. The summed E-state index contributed by atoms with van der Waals surface area (Å²) < 4.78 is 7.46. The van der Waals surface area contributed by atoms with Gasteiger partial charge in [-0.2, -0.15) is 0 Å². The average Bonchev–Trinajstić information content (AvgIpc) is 3.03. The number of carbonyl (C=O) groups excluding carboxylic acids is 1. The first-order valence-corrected chi connectivity index (χ1v) is 7.14. The van der Waals surface area contributed by atoms with Crippen molar-refractivity contribution in [2.75, 3.05) is 19.6 Å². The van der Waals surface area contributed by atoms with Gasteiger partial charge >= 0.3 is 0 Å². The summed E-state index contributed by atoms with van der Waals surface area (Å²) in [5.41, 5.74) is 0.647. The molecule has 22 heavy (non-hydrogen) atoms. The van der Waals surface area contributed by atoms with Crippen LogP contribution in [0.25, 0.3) is 0 Å².